The number of aliphatic hydroxyl groups excluding tert-OH is 3. The molecular weight excluding hydrogens is 408 g/mol. The Kier molecular flexibility index (Phi) is 11.9. The molecule has 1 aromatic rings. The van der Waals surface area contributed by atoms with Gasteiger partial charge in [-0.15, -0.1) is 0 Å². The van der Waals surface area contributed by atoms with Crippen molar-refractivity contribution in [1.29, 1.82) is 0 Å². The van der Waals surface area contributed by atoms with Gasteiger partial charge >= 0.3 is 0 Å². The molecule has 1 fully saturated rings. The highest BCUT2D eigenvalue weighted by atomic mass is 16.7. The number of hydrogen-bond acceptors (Lipinski definition) is 9. The van der Waals surface area contributed by atoms with E-state index >= 15 is 0 Å². The zero-order chi connectivity index (χ0) is 22.5. The van der Waals surface area contributed by atoms with Crippen molar-refractivity contribution in [2.75, 3.05) is 52.9 Å². The number of benzene rings is 1. The predicted molar refractivity (Wildman–Crippen MR) is 111 cm³/mol. The van der Waals surface area contributed by atoms with Crippen LogP contribution in [0.4, 0.5) is 0 Å². The van der Waals surface area contributed by atoms with Gasteiger partial charge in [-0.25, -0.2) is 0 Å². The highest BCUT2D eigenvalue weighted by Crippen LogP contribution is 2.22. The average Bonchev–Trinajstić information content (AvgIpc) is 3.07. The second kappa shape index (κ2) is 14.1. The van der Waals surface area contributed by atoms with E-state index in [-0.39, 0.29) is 45.7 Å². The van der Waals surface area contributed by atoms with Gasteiger partial charge in [-0.05, 0) is 19.4 Å². The van der Waals surface area contributed by atoms with Crippen LogP contribution in [-0.4, -0.2) is 98.4 Å². The highest BCUT2D eigenvalue weighted by Gasteiger charge is 2.32. The third-order valence-corrected chi connectivity index (χ3v) is 4.34. The number of aliphatic hydroxyl groups is 3. The minimum atomic E-state index is -0.864. The lowest BCUT2D eigenvalue weighted by molar-refractivity contribution is -0.147. The van der Waals surface area contributed by atoms with E-state index in [0.717, 1.165) is 5.56 Å². The Morgan fingerprint density at radius 1 is 0.839 bits per heavy atom. The molecule has 0 saturated carbocycles. The van der Waals surface area contributed by atoms with Crippen molar-refractivity contribution in [2.45, 2.75) is 50.7 Å². The molecule has 1 heterocycles. The molecule has 9 nitrogen and oxygen atoms in total. The maximum absolute atomic E-state index is 9.87. The highest BCUT2D eigenvalue weighted by molar-refractivity contribution is 5.13. The van der Waals surface area contributed by atoms with Crippen molar-refractivity contribution < 1.29 is 43.7 Å². The summed E-state index contributed by atoms with van der Waals surface area (Å²) in [4.78, 5) is 0. The molecule has 0 bridgehead atoms. The summed E-state index contributed by atoms with van der Waals surface area (Å²) in [6.07, 6.45) is -2.61. The molecule has 0 spiro atoms. The first-order valence-electron chi connectivity index (χ1n) is 10.5. The summed E-state index contributed by atoms with van der Waals surface area (Å²) in [6.45, 7) is 5.21. The summed E-state index contributed by atoms with van der Waals surface area (Å²) in [5.74, 6) is -0.598. The van der Waals surface area contributed by atoms with Crippen LogP contribution in [0.3, 0.4) is 0 Å². The molecule has 9 heteroatoms. The molecule has 3 N–H and O–H groups in total. The Bertz CT molecular complexity index is 584. The Balaban J connectivity index is 1.41. The summed E-state index contributed by atoms with van der Waals surface area (Å²) in [5, 5.41) is 29.6. The molecule has 1 saturated heterocycles. The normalized spacial score (nSPS) is 21.1. The van der Waals surface area contributed by atoms with Gasteiger partial charge in [0, 0.05) is 0 Å². The third kappa shape index (κ3) is 11.9. The quantitative estimate of drug-likeness (QED) is 0.335. The van der Waals surface area contributed by atoms with Crippen molar-refractivity contribution >= 4 is 0 Å². The van der Waals surface area contributed by atoms with Gasteiger partial charge < -0.3 is 43.7 Å². The van der Waals surface area contributed by atoms with Crippen LogP contribution in [-0.2, 0) is 35.0 Å². The first-order valence-corrected chi connectivity index (χ1v) is 10.5. The first kappa shape index (κ1) is 26.1. The molecule has 0 aliphatic carbocycles. The van der Waals surface area contributed by atoms with E-state index in [2.05, 4.69) is 0 Å². The second-order valence-corrected chi connectivity index (χ2v) is 8.03. The van der Waals surface area contributed by atoms with Crippen molar-refractivity contribution in [1.82, 2.24) is 0 Å². The van der Waals surface area contributed by atoms with Crippen LogP contribution < -0.4 is 0 Å². The summed E-state index contributed by atoms with van der Waals surface area (Å²) in [7, 11) is 0. The Labute approximate surface area is 183 Å². The van der Waals surface area contributed by atoms with Gasteiger partial charge in [0.05, 0.1) is 59.5 Å². The van der Waals surface area contributed by atoms with E-state index in [1.807, 2.05) is 44.2 Å². The van der Waals surface area contributed by atoms with Crippen molar-refractivity contribution in [2.24, 2.45) is 0 Å². The van der Waals surface area contributed by atoms with Gasteiger partial charge in [0.25, 0.3) is 0 Å². The molecule has 178 valence electrons. The average molecular weight is 445 g/mol. The van der Waals surface area contributed by atoms with Crippen LogP contribution in [0, 0.1) is 0 Å². The van der Waals surface area contributed by atoms with E-state index < -0.39 is 24.1 Å². The van der Waals surface area contributed by atoms with Crippen molar-refractivity contribution in [3.05, 3.63) is 35.9 Å². The fraction of sp³-hybridized carbons (Fsp3) is 0.727. The summed E-state index contributed by atoms with van der Waals surface area (Å²) < 4.78 is 32.5. The number of hydrogen-bond donors (Lipinski definition) is 3. The molecule has 0 aromatic heterocycles. The number of rotatable bonds is 16. The Morgan fingerprint density at radius 2 is 1.35 bits per heavy atom. The minimum Gasteiger partial charge on any atom is -0.388 e. The topological polar surface area (TPSA) is 116 Å². The zero-order valence-corrected chi connectivity index (χ0v) is 18.4. The fourth-order valence-corrected chi connectivity index (χ4v) is 2.89. The van der Waals surface area contributed by atoms with Crippen LogP contribution in [0.15, 0.2) is 30.3 Å². The van der Waals surface area contributed by atoms with E-state index in [1.54, 1.807) is 0 Å². The van der Waals surface area contributed by atoms with E-state index in [9.17, 15) is 15.3 Å². The van der Waals surface area contributed by atoms with Crippen LogP contribution in [0.25, 0.3) is 0 Å². The van der Waals surface area contributed by atoms with E-state index in [4.69, 9.17) is 28.4 Å². The molecule has 1 aliphatic heterocycles. The summed E-state index contributed by atoms with van der Waals surface area (Å²) in [5.41, 5.74) is 1.03. The van der Waals surface area contributed by atoms with Gasteiger partial charge in [0.1, 0.15) is 24.4 Å². The third-order valence-electron chi connectivity index (χ3n) is 4.34. The zero-order valence-electron chi connectivity index (χ0n) is 18.4. The van der Waals surface area contributed by atoms with Crippen LogP contribution in [0.5, 0.6) is 0 Å². The minimum absolute atomic E-state index is 0.00538. The molecule has 1 aliphatic rings. The summed E-state index contributed by atoms with van der Waals surface area (Å²) >= 11 is 0. The first-order chi connectivity index (χ1) is 14.8. The Morgan fingerprint density at radius 3 is 1.87 bits per heavy atom. The molecule has 0 radical (unpaired) electrons. The van der Waals surface area contributed by atoms with Crippen LogP contribution >= 0.6 is 0 Å². The van der Waals surface area contributed by atoms with E-state index in [0.29, 0.717) is 19.8 Å². The Hall–Kier alpha value is -1.14. The smallest absolute Gasteiger partial charge is 0.163 e. The lowest BCUT2D eigenvalue weighted by atomic mass is 10.2. The molecule has 4 atom stereocenters. The molecule has 2 rings (SSSR count). The van der Waals surface area contributed by atoms with Gasteiger partial charge in [-0.1, -0.05) is 30.3 Å². The maximum atomic E-state index is 9.87. The molecular formula is C22H36O9. The molecule has 0 amide bonds. The van der Waals surface area contributed by atoms with Crippen molar-refractivity contribution in [3.8, 4) is 0 Å². The standard InChI is InChI=1S/C22H36O9/c1-22(2)30-16-21(31-22)15-29-14-20(25)13-28-12-19(24)11-27-10-18(23)9-26-8-17-6-4-3-5-7-17/h3-7,18-21,23-25H,8-16H2,1-2H3. The van der Waals surface area contributed by atoms with Crippen molar-refractivity contribution in [3.63, 3.8) is 0 Å². The molecule has 1 aromatic carbocycles. The van der Waals surface area contributed by atoms with Crippen LogP contribution in [0.2, 0.25) is 0 Å². The molecule has 31 heavy (non-hydrogen) atoms. The van der Waals surface area contributed by atoms with Gasteiger partial charge in [0.2, 0.25) is 0 Å². The fourth-order valence-electron chi connectivity index (χ4n) is 2.89. The van der Waals surface area contributed by atoms with Gasteiger partial charge in [0.15, 0.2) is 5.79 Å². The maximum Gasteiger partial charge on any atom is 0.163 e. The summed E-state index contributed by atoms with van der Waals surface area (Å²) in [6, 6.07) is 9.67. The molecule has 4 unspecified atom stereocenters. The van der Waals surface area contributed by atoms with Crippen LogP contribution in [0.1, 0.15) is 19.4 Å². The monoisotopic (exact) mass is 444 g/mol. The number of ether oxygens (including phenoxy) is 6. The lowest BCUT2D eigenvalue weighted by Crippen LogP contribution is -2.30. The van der Waals surface area contributed by atoms with Gasteiger partial charge in [-0.3, -0.25) is 0 Å². The predicted octanol–water partition coefficient (Wildman–Crippen LogP) is 0.487. The SMILES string of the molecule is CC1(C)OCC(COCC(O)COCC(O)COCC(O)COCc2ccccc2)O1. The van der Waals surface area contributed by atoms with Gasteiger partial charge in [-0.2, -0.15) is 0 Å². The second-order valence-electron chi connectivity index (χ2n) is 8.03. The lowest BCUT2D eigenvalue weighted by Gasteiger charge is -2.18. The largest absolute Gasteiger partial charge is 0.388 e. The van der Waals surface area contributed by atoms with E-state index in [1.165, 1.54) is 0 Å².